The van der Waals surface area contributed by atoms with Crippen molar-refractivity contribution >= 4 is 62.6 Å². The molecule has 0 aliphatic rings. The number of anilines is 2. The van der Waals surface area contributed by atoms with Gasteiger partial charge in [-0.15, -0.1) is 0 Å². The van der Waals surface area contributed by atoms with Gasteiger partial charge in [0, 0.05) is 5.02 Å². The third kappa shape index (κ3) is 8.49. The van der Waals surface area contributed by atoms with Crippen molar-refractivity contribution in [2.24, 2.45) is 5.10 Å². The van der Waals surface area contributed by atoms with Crippen molar-refractivity contribution in [2.75, 3.05) is 29.0 Å². The number of amides is 2. The Morgan fingerprint density at radius 2 is 1.73 bits per heavy atom. The topological polar surface area (TPSA) is 117 Å². The highest BCUT2D eigenvalue weighted by Crippen LogP contribution is 2.25. The van der Waals surface area contributed by atoms with E-state index in [1.807, 2.05) is 0 Å². The zero-order valence-electron chi connectivity index (χ0n) is 19.9. The summed E-state index contributed by atoms with van der Waals surface area (Å²) < 4.78 is 31.0. The Kier molecular flexibility index (Phi) is 9.51. The Balaban J connectivity index is 1.52. The van der Waals surface area contributed by atoms with Gasteiger partial charge in [0.25, 0.3) is 11.8 Å². The molecule has 0 saturated heterocycles. The summed E-state index contributed by atoms with van der Waals surface area (Å²) in [6.07, 6.45) is 2.41. The van der Waals surface area contributed by atoms with Crippen molar-refractivity contribution in [2.45, 2.75) is 6.92 Å². The van der Waals surface area contributed by atoms with Gasteiger partial charge in [-0.05, 0) is 72.6 Å². The molecule has 0 fully saturated rings. The van der Waals surface area contributed by atoms with Gasteiger partial charge in [-0.3, -0.25) is 13.9 Å². The summed E-state index contributed by atoms with van der Waals surface area (Å²) in [5.41, 5.74) is 4.41. The number of carbonyl (C=O) groups excluding carboxylic acids is 2. The van der Waals surface area contributed by atoms with Gasteiger partial charge in [-0.2, -0.15) is 5.10 Å². The number of hydrazone groups is 1. The lowest BCUT2D eigenvalue weighted by atomic mass is 10.2. The van der Waals surface area contributed by atoms with E-state index in [0.717, 1.165) is 10.6 Å². The first kappa shape index (κ1) is 28.0. The molecule has 0 aromatic heterocycles. The highest BCUT2D eigenvalue weighted by molar-refractivity contribution is 7.92. The van der Waals surface area contributed by atoms with Crippen LogP contribution in [0.3, 0.4) is 0 Å². The zero-order chi connectivity index (χ0) is 27.0. The van der Waals surface area contributed by atoms with Crippen LogP contribution in [0.4, 0.5) is 11.4 Å². The second-order valence-corrected chi connectivity index (χ2v) is 10.6. The number of carbonyl (C=O) groups is 2. The van der Waals surface area contributed by atoms with Gasteiger partial charge in [0.15, 0.2) is 6.61 Å². The fraction of sp³-hybridized carbons (Fsp3) is 0.160. The Hall–Kier alpha value is -3.60. The van der Waals surface area contributed by atoms with Crippen LogP contribution in [-0.4, -0.2) is 45.9 Å². The number of rotatable bonds is 10. The summed E-state index contributed by atoms with van der Waals surface area (Å²) in [7, 11) is -3.73. The second kappa shape index (κ2) is 12.6. The van der Waals surface area contributed by atoms with Crippen LogP contribution < -0.4 is 19.8 Å². The first-order valence-electron chi connectivity index (χ1n) is 10.9. The average Bonchev–Trinajstić information content (AvgIpc) is 2.83. The molecular weight excluding hydrogens is 539 g/mol. The van der Waals surface area contributed by atoms with Crippen molar-refractivity contribution < 1.29 is 22.7 Å². The van der Waals surface area contributed by atoms with Crippen LogP contribution in [0.25, 0.3) is 0 Å². The molecule has 194 valence electrons. The molecule has 0 aliphatic carbocycles. The van der Waals surface area contributed by atoms with Gasteiger partial charge in [0.05, 0.1) is 28.9 Å². The molecule has 2 amide bonds. The lowest BCUT2D eigenvalue weighted by molar-refractivity contribution is -0.119. The summed E-state index contributed by atoms with van der Waals surface area (Å²) >= 11 is 12.0. The largest absolute Gasteiger partial charge is 0.484 e. The Morgan fingerprint density at radius 3 is 2.38 bits per heavy atom. The van der Waals surface area contributed by atoms with Crippen molar-refractivity contribution in [3.63, 3.8) is 0 Å². The van der Waals surface area contributed by atoms with E-state index in [0.29, 0.717) is 38.3 Å². The van der Waals surface area contributed by atoms with Gasteiger partial charge in [-0.1, -0.05) is 35.3 Å². The fourth-order valence-electron chi connectivity index (χ4n) is 3.17. The first-order chi connectivity index (χ1) is 17.5. The van der Waals surface area contributed by atoms with Crippen molar-refractivity contribution in [3.8, 4) is 5.75 Å². The smallest absolute Gasteiger partial charge is 0.262 e. The van der Waals surface area contributed by atoms with E-state index in [1.165, 1.54) is 6.21 Å². The monoisotopic (exact) mass is 562 g/mol. The number of halogens is 2. The van der Waals surface area contributed by atoms with Gasteiger partial charge >= 0.3 is 0 Å². The van der Waals surface area contributed by atoms with E-state index in [1.54, 1.807) is 73.7 Å². The molecule has 37 heavy (non-hydrogen) atoms. The molecule has 0 saturated carbocycles. The molecule has 12 heteroatoms. The third-order valence-corrected chi connectivity index (χ3v) is 6.61. The predicted octanol–water partition coefficient (Wildman–Crippen LogP) is 4.24. The first-order valence-corrected chi connectivity index (χ1v) is 13.5. The summed E-state index contributed by atoms with van der Waals surface area (Å²) in [6, 6.07) is 18.2. The van der Waals surface area contributed by atoms with Crippen LogP contribution >= 0.6 is 23.2 Å². The number of ether oxygens (including phenoxy) is 1. The average molecular weight is 563 g/mol. The molecule has 0 unspecified atom stereocenters. The number of hydrogen-bond donors (Lipinski definition) is 2. The number of sulfonamides is 1. The lowest BCUT2D eigenvalue weighted by Gasteiger charge is -2.23. The second-order valence-electron chi connectivity index (χ2n) is 7.88. The van der Waals surface area contributed by atoms with Crippen LogP contribution in [0.5, 0.6) is 5.75 Å². The van der Waals surface area contributed by atoms with Gasteiger partial charge in [0.2, 0.25) is 10.0 Å². The minimum atomic E-state index is -3.73. The minimum absolute atomic E-state index is 0.210. The standard InChI is InChI=1S/C25H24Cl2N4O5S/c1-17-13-19(26)9-12-23(17)31(37(2,34)35)15-24(32)30-28-14-18-7-10-20(11-8-18)36-16-25(33)29-22-6-4-3-5-21(22)27/h3-14H,15-16H2,1-2H3,(H,29,33)(H,30,32)/b28-14-. The Labute approximate surface area is 225 Å². The maximum absolute atomic E-state index is 12.4. The quantitative estimate of drug-likeness (QED) is 0.283. The number of nitrogens with one attached hydrogen (secondary N) is 2. The molecule has 0 aliphatic heterocycles. The molecule has 0 bridgehead atoms. The summed E-state index contributed by atoms with van der Waals surface area (Å²) in [5.74, 6) is -0.531. The Morgan fingerprint density at radius 1 is 1.03 bits per heavy atom. The van der Waals surface area contributed by atoms with Crippen LogP contribution in [0.2, 0.25) is 10.0 Å². The highest BCUT2D eigenvalue weighted by atomic mass is 35.5. The Bertz CT molecular complexity index is 1410. The number of para-hydroxylation sites is 1. The van der Waals surface area contributed by atoms with Crippen molar-refractivity contribution in [1.82, 2.24) is 5.43 Å². The van der Waals surface area contributed by atoms with Gasteiger partial charge in [-0.25, -0.2) is 13.8 Å². The fourth-order valence-corrected chi connectivity index (χ4v) is 4.50. The van der Waals surface area contributed by atoms with Crippen LogP contribution in [0, 0.1) is 6.92 Å². The van der Waals surface area contributed by atoms with Crippen LogP contribution in [0.1, 0.15) is 11.1 Å². The van der Waals surface area contributed by atoms with E-state index in [9.17, 15) is 18.0 Å². The van der Waals surface area contributed by atoms with Crippen molar-refractivity contribution in [1.29, 1.82) is 0 Å². The summed E-state index contributed by atoms with van der Waals surface area (Å²) in [4.78, 5) is 24.4. The molecule has 0 atom stereocenters. The van der Waals surface area contributed by atoms with E-state index in [-0.39, 0.29) is 12.5 Å². The van der Waals surface area contributed by atoms with Crippen LogP contribution in [-0.2, 0) is 19.6 Å². The van der Waals surface area contributed by atoms with Gasteiger partial charge < -0.3 is 10.1 Å². The minimum Gasteiger partial charge on any atom is -0.484 e. The zero-order valence-corrected chi connectivity index (χ0v) is 22.3. The van der Waals surface area contributed by atoms with E-state index >= 15 is 0 Å². The van der Waals surface area contributed by atoms with E-state index in [4.69, 9.17) is 27.9 Å². The van der Waals surface area contributed by atoms with Crippen molar-refractivity contribution in [3.05, 3.63) is 87.9 Å². The van der Waals surface area contributed by atoms with Crippen LogP contribution in [0.15, 0.2) is 71.8 Å². The molecule has 0 heterocycles. The third-order valence-electron chi connectivity index (χ3n) is 4.92. The molecule has 0 radical (unpaired) electrons. The van der Waals surface area contributed by atoms with Gasteiger partial charge in [0.1, 0.15) is 12.3 Å². The molecule has 3 rings (SSSR count). The number of nitrogens with zero attached hydrogens (tertiary/aromatic N) is 2. The molecule has 3 aromatic rings. The lowest BCUT2D eigenvalue weighted by Crippen LogP contribution is -2.39. The highest BCUT2D eigenvalue weighted by Gasteiger charge is 2.22. The summed E-state index contributed by atoms with van der Waals surface area (Å²) in [5, 5.41) is 7.43. The molecule has 3 aromatic carbocycles. The maximum atomic E-state index is 12.4. The SMILES string of the molecule is Cc1cc(Cl)ccc1N(CC(=O)N/N=C\c1ccc(OCC(=O)Nc2ccccc2Cl)cc1)S(C)(=O)=O. The maximum Gasteiger partial charge on any atom is 0.262 e. The van der Waals surface area contributed by atoms with E-state index < -0.39 is 22.5 Å². The normalized spacial score (nSPS) is 11.2. The molecule has 0 spiro atoms. The molecular formula is C25H24Cl2N4O5S. The summed E-state index contributed by atoms with van der Waals surface area (Å²) in [6.45, 7) is 1.04. The number of benzene rings is 3. The number of aryl methyl sites for hydroxylation is 1. The number of hydrogen-bond acceptors (Lipinski definition) is 6. The molecule has 2 N–H and O–H groups in total. The predicted molar refractivity (Wildman–Crippen MR) is 146 cm³/mol. The molecule has 9 nitrogen and oxygen atoms in total. The van der Waals surface area contributed by atoms with E-state index in [2.05, 4.69) is 15.8 Å².